The smallest absolute Gasteiger partial charge is 0.248 e. The van der Waals surface area contributed by atoms with E-state index in [-0.39, 0.29) is 30.3 Å². The number of carbonyl (C=O) groups excluding carboxylic acids is 3. The van der Waals surface area contributed by atoms with Crippen LogP contribution in [-0.2, 0) is 20.9 Å². The highest BCUT2D eigenvalue weighted by Crippen LogP contribution is 2.39. The summed E-state index contributed by atoms with van der Waals surface area (Å²) in [5.41, 5.74) is 12.4. The number of halogens is 2. The molecule has 3 rings (SSSR count). The number of nitrogens with zero attached hydrogens (tertiary/aromatic N) is 3. The lowest BCUT2D eigenvalue weighted by molar-refractivity contribution is -0.139. The van der Waals surface area contributed by atoms with Crippen LogP contribution in [-0.4, -0.2) is 69.1 Å². The summed E-state index contributed by atoms with van der Waals surface area (Å²) in [5, 5.41) is 15.3. The van der Waals surface area contributed by atoms with E-state index in [0.29, 0.717) is 24.5 Å². The van der Waals surface area contributed by atoms with Gasteiger partial charge in [0.05, 0.1) is 17.8 Å². The minimum Gasteiger partial charge on any atom is -0.387 e. The zero-order chi connectivity index (χ0) is 39.1. The fourth-order valence-electron chi connectivity index (χ4n) is 5.22. The van der Waals surface area contributed by atoms with Gasteiger partial charge in [-0.05, 0) is 67.1 Å². The van der Waals surface area contributed by atoms with Gasteiger partial charge in [-0.1, -0.05) is 74.4 Å². The van der Waals surface area contributed by atoms with Crippen molar-refractivity contribution in [2.45, 2.75) is 100 Å². The molecule has 0 saturated heterocycles. The number of imidazole rings is 1. The predicted molar refractivity (Wildman–Crippen MR) is 200 cm³/mol. The van der Waals surface area contributed by atoms with Crippen molar-refractivity contribution in [3.05, 3.63) is 71.7 Å². The van der Waals surface area contributed by atoms with Crippen molar-refractivity contribution in [3.8, 4) is 11.3 Å². The molecule has 7 N–H and O–H groups in total. The third-order valence-corrected chi connectivity index (χ3v) is 7.77. The molecule has 0 aliphatic heterocycles. The van der Waals surface area contributed by atoms with Gasteiger partial charge in [0.15, 0.2) is 0 Å². The van der Waals surface area contributed by atoms with E-state index in [2.05, 4.69) is 10.6 Å². The molecule has 0 aliphatic carbocycles. The van der Waals surface area contributed by atoms with Crippen LogP contribution < -0.4 is 22.1 Å². The maximum Gasteiger partial charge on any atom is 0.248 e. The number of nitrogens with two attached hydrogens (primary N) is 2. The standard InChI is InChI=1S/C34H47F2N7O4.2C2H6/c1-20(2)29(38)33(47)39-21(3)32(46)40-24-10-7-9-22(15-24)17-42-18-27(25-16-23(35)11-12-26(25)36)41-31(42)30(34(4,5)6)43(14-8-13-37)28(45)19-44;2*1-2/h7,9-12,15-16,18,20-21,29-30,44H,8,13-14,17,19,37-38H2,1-6H3,(H,39,47)(H,40,46);2*1-2H3. The van der Waals surface area contributed by atoms with Crippen LogP contribution in [0.2, 0.25) is 0 Å². The summed E-state index contributed by atoms with van der Waals surface area (Å²) < 4.78 is 31.0. The number of aliphatic hydroxyl groups excluding tert-OH is 1. The monoisotopic (exact) mass is 715 g/mol. The van der Waals surface area contributed by atoms with E-state index in [9.17, 15) is 28.3 Å². The van der Waals surface area contributed by atoms with Gasteiger partial charge in [-0.15, -0.1) is 0 Å². The van der Waals surface area contributed by atoms with Crippen molar-refractivity contribution in [1.29, 1.82) is 0 Å². The van der Waals surface area contributed by atoms with Crippen LogP contribution in [0.5, 0.6) is 0 Å². The number of aromatic nitrogens is 2. The molecule has 0 radical (unpaired) electrons. The first-order valence-electron chi connectivity index (χ1n) is 17.7. The van der Waals surface area contributed by atoms with Crippen LogP contribution in [0, 0.1) is 23.0 Å². The number of anilines is 1. The Labute approximate surface area is 302 Å². The average molecular weight is 716 g/mol. The minimum absolute atomic E-state index is 0.0473. The summed E-state index contributed by atoms with van der Waals surface area (Å²) in [4.78, 5) is 44.7. The molecule has 0 bridgehead atoms. The summed E-state index contributed by atoms with van der Waals surface area (Å²) in [6, 6.07) is 7.84. The van der Waals surface area contributed by atoms with Crippen molar-refractivity contribution in [2.24, 2.45) is 22.8 Å². The number of aliphatic hydroxyl groups is 1. The number of hydrogen-bond acceptors (Lipinski definition) is 7. The highest BCUT2D eigenvalue weighted by molar-refractivity contribution is 5.97. The van der Waals surface area contributed by atoms with Gasteiger partial charge in [-0.25, -0.2) is 13.8 Å². The topological polar surface area (TPSA) is 169 Å². The summed E-state index contributed by atoms with van der Waals surface area (Å²) in [6.45, 7) is 19.0. The number of nitrogens with one attached hydrogen (secondary N) is 2. The van der Waals surface area contributed by atoms with Crippen molar-refractivity contribution in [2.75, 3.05) is 25.0 Å². The lowest BCUT2D eigenvalue weighted by Gasteiger charge is -2.40. The highest BCUT2D eigenvalue weighted by atomic mass is 19.1. The van der Waals surface area contributed by atoms with Crippen molar-refractivity contribution in [1.82, 2.24) is 19.8 Å². The summed E-state index contributed by atoms with van der Waals surface area (Å²) in [5.74, 6) is -2.39. The van der Waals surface area contributed by atoms with Gasteiger partial charge in [0.25, 0.3) is 0 Å². The molecule has 0 aliphatic rings. The van der Waals surface area contributed by atoms with Gasteiger partial charge < -0.3 is 36.7 Å². The predicted octanol–water partition coefficient (Wildman–Crippen LogP) is 5.61. The molecule has 0 saturated carbocycles. The first-order valence-corrected chi connectivity index (χ1v) is 17.7. The second-order valence-corrected chi connectivity index (χ2v) is 13.1. The minimum atomic E-state index is -0.851. The van der Waals surface area contributed by atoms with Crippen molar-refractivity contribution < 1.29 is 28.3 Å². The third-order valence-electron chi connectivity index (χ3n) is 7.77. The average Bonchev–Trinajstić information content (AvgIpc) is 3.50. The largest absolute Gasteiger partial charge is 0.387 e. The Hall–Kier alpha value is -4.20. The molecule has 1 aromatic heterocycles. The number of hydrogen-bond donors (Lipinski definition) is 5. The van der Waals surface area contributed by atoms with Crippen LogP contribution in [0.4, 0.5) is 14.5 Å². The Morgan fingerprint density at radius 1 is 1.00 bits per heavy atom. The maximum atomic E-state index is 15.0. The quantitative estimate of drug-likeness (QED) is 0.145. The molecule has 2 aromatic carbocycles. The number of amides is 3. The lowest BCUT2D eigenvalue weighted by Crippen LogP contribution is -2.50. The molecule has 13 heteroatoms. The van der Waals surface area contributed by atoms with E-state index < -0.39 is 59.5 Å². The van der Waals surface area contributed by atoms with Gasteiger partial charge >= 0.3 is 0 Å². The SMILES string of the molecule is CC.CC.CC(NC(=O)C(N)C(C)C)C(=O)Nc1cccc(Cn2cc(-c3cc(F)ccc3F)nc2C(N(CCCN)C(=O)CO)C(C)(C)C)c1. The molecule has 3 amide bonds. The molecule has 284 valence electrons. The molecular formula is C38H59F2N7O4. The Kier molecular flexibility index (Phi) is 18.7. The van der Waals surface area contributed by atoms with Gasteiger partial charge in [-0.2, -0.15) is 0 Å². The molecule has 0 fully saturated rings. The van der Waals surface area contributed by atoms with E-state index in [0.717, 1.165) is 23.8 Å². The van der Waals surface area contributed by atoms with Crippen molar-refractivity contribution in [3.63, 3.8) is 0 Å². The summed E-state index contributed by atoms with van der Waals surface area (Å²) in [7, 11) is 0. The molecule has 3 aromatic rings. The lowest BCUT2D eigenvalue weighted by atomic mass is 9.84. The molecule has 1 heterocycles. The van der Waals surface area contributed by atoms with Crippen LogP contribution in [0.3, 0.4) is 0 Å². The molecule has 3 unspecified atom stereocenters. The van der Waals surface area contributed by atoms with Gasteiger partial charge in [0.1, 0.15) is 30.1 Å². The van der Waals surface area contributed by atoms with Crippen molar-refractivity contribution >= 4 is 23.4 Å². The first-order chi connectivity index (χ1) is 24.1. The molecule has 51 heavy (non-hydrogen) atoms. The molecule has 3 atom stereocenters. The second kappa shape index (κ2) is 21.2. The summed E-state index contributed by atoms with van der Waals surface area (Å²) >= 11 is 0. The van der Waals surface area contributed by atoms with Gasteiger partial charge in [-0.3, -0.25) is 14.4 Å². The third kappa shape index (κ3) is 12.8. The number of carbonyl (C=O) groups is 3. The number of rotatable bonds is 14. The van der Waals surface area contributed by atoms with E-state index >= 15 is 0 Å². The molecule has 0 spiro atoms. The van der Waals surface area contributed by atoms with E-state index in [1.807, 2.05) is 68.4 Å². The Morgan fingerprint density at radius 3 is 2.22 bits per heavy atom. The van der Waals surface area contributed by atoms with E-state index in [4.69, 9.17) is 16.5 Å². The fourth-order valence-corrected chi connectivity index (χ4v) is 5.22. The van der Waals surface area contributed by atoms with Crippen LogP contribution in [0.1, 0.15) is 93.1 Å². The van der Waals surface area contributed by atoms with Crippen LogP contribution >= 0.6 is 0 Å². The normalized spacial score (nSPS) is 12.8. The van der Waals surface area contributed by atoms with Crippen LogP contribution in [0.25, 0.3) is 11.3 Å². The highest BCUT2D eigenvalue weighted by Gasteiger charge is 2.38. The summed E-state index contributed by atoms with van der Waals surface area (Å²) in [6.07, 6.45) is 2.06. The Bertz CT molecular complexity index is 1560. The van der Waals surface area contributed by atoms with Gasteiger partial charge in [0.2, 0.25) is 17.7 Å². The Balaban J connectivity index is 0.00000313. The first kappa shape index (κ1) is 44.8. The van der Waals surface area contributed by atoms with Crippen LogP contribution in [0.15, 0.2) is 48.7 Å². The van der Waals surface area contributed by atoms with E-state index in [1.165, 1.54) is 4.90 Å². The zero-order valence-electron chi connectivity index (χ0n) is 31.9. The molecule has 11 nitrogen and oxygen atoms in total. The Morgan fingerprint density at radius 2 is 1.65 bits per heavy atom. The van der Waals surface area contributed by atoms with E-state index in [1.54, 1.807) is 35.9 Å². The number of benzene rings is 2. The fraction of sp³-hybridized carbons (Fsp3) is 0.526. The molecular weight excluding hydrogens is 656 g/mol. The second-order valence-electron chi connectivity index (χ2n) is 13.1. The maximum absolute atomic E-state index is 15.0. The zero-order valence-corrected chi connectivity index (χ0v) is 31.9. The van der Waals surface area contributed by atoms with Gasteiger partial charge in [0, 0.05) is 30.5 Å².